The topological polar surface area (TPSA) is 99.1 Å². The highest BCUT2D eigenvalue weighted by atomic mass is 16.3. The summed E-state index contributed by atoms with van der Waals surface area (Å²) in [4.78, 5) is 12.1. The molecule has 0 aromatic heterocycles. The largest absolute Gasteiger partial charge is 0.508 e. The molecule has 0 heterocycles. The summed E-state index contributed by atoms with van der Waals surface area (Å²) in [7, 11) is 0. The molecule has 0 bridgehead atoms. The number of nitrogens with two attached hydrogens (primary N) is 1. The van der Waals surface area contributed by atoms with Crippen LogP contribution in [0.2, 0.25) is 0 Å². The highest BCUT2D eigenvalue weighted by Gasteiger charge is 2.10. The molecule has 2 aromatic carbocycles. The molecule has 0 fully saturated rings. The van der Waals surface area contributed by atoms with Crippen molar-refractivity contribution in [3.05, 3.63) is 53.1 Å². The zero-order valence-electron chi connectivity index (χ0n) is 10.8. The van der Waals surface area contributed by atoms with Crippen molar-refractivity contribution in [1.29, 1.82) is 5.26 Å². The average Bonchev–Trinajstić information content (AvgIpc) is 2.43. The van der Waals surface area contributed by atoms with E-state index in [9.17, 15) is 9.90 Å². The number of aryl methyl sites for hydroxylation is 1. The van der Waals surface area contributed by atoms with Crippen molar-refractivity contribution in [2.75, 3.05) is 11.1 Å². The van der Waals surface area contributed by atoms with E-state index in [1.54, 1.807) is 25.1 Å². The van der Waals surface area contributed by atoms with Crippen LogP contribution in [0.25, 0.3) is 0 Å². The van der Waals surface area contributed by atoms with Gasteiger partial charge >= 0.3 is 0 Å². The Hall–Kier alpha value is -3.00. The third kappa shape index (κ3) is 2.70. The zero-order valence-corrected chi connectivity index (χ0v) is 10.8. The first-order valence-corrected chi connectivity index (χ1v) is 5.92. The summed E-state index contributed by atoms with van der Waals surface area (Å²) in [5.74, 6) is -0.191. The van der Waals surface area contributed by atoms with Crippen LogP contribution in [-0.2, 0) is 0 Å². The zero-order chi connectivity index (χ0) is 14.7. The minimum Gasteiger partial charge on any atom is -0.508 e. The Labute approximate surface area is 116 Å². The number of benzene rings is 2. The van der Waals surface area contributed by atoms with Gasteiger partial charge in [-0.25, -0.2) is 0 Å². The molecular weight excluding hydrogens is 254 g/mol. The number of nitrogens with one attached hydrogen (secondary N) is 1. The van der Waals surface area contributed by atoms with Gasteiger partial charge in [0.15, 0.2) is 0 Å². The molecule has 2 aromatic rings. The molecule has 0 atom stereocenters. The second kappa shape index (κ2) is 5.33. The number of aromatic hydroxyl groups is 1. The summed E-state index contributed by atoms with van der Waals surface area (Å²) in [6, 6.07) is 11.2. The number of nitrogens with zero attached hydrogens (tertiary/aromatic N) is 1. The van der Waals surface area contributed by atoms with E-state index < -0.39 is 0 Å². The summed E-state index contributed by atoms with van der Waals surface area (Å²) in [5.41, 5.74) is 8.01. The summed E-state index contributed by atoms with van der Waals surface area (Å²) in [5, 5.41) is 20.9. The van der Waals surface area contributed by atoms with Gasteiger partial charge in [-0.15, -0.1) is 0 Å². The van der Waals surface area contributed by atoms with Crippen molar-refractivity contribution in [3.8, 4) is 11.8 Å². The lowest BCUT2D eigenvalue weighted by atomic mass is 10.1. The van der Waals surface area contributed by atoms with Crippen LogP contribution < -0.4 is 11.1 Å². The highest BCUT2D eigenvalue weighted by molar-refractivity contribution is 6.06. The van der Waals surface area contributed by atoms with Gasteiger partial charge in [-0.05, 0) is 48.9 Å². The van der Waals surface area contributed by atoms with E-state index in [0.717, 1.165) is 0 Å². The molecule has 0 aliphatic heterocycles. The minimum absolute atomic E-state index is 0.138. The number of carbonyl (C=O) groups excluding carboxylic acids is 1. The predicted octanol–water partition coefficient (Wildman–Crippen LogP) is 2.41. The number of phenolic OH excluding ortho intramolecular Hbond substituents is 1. The van der Waals surface area contributed by atoms with Crippen molar-refractivity contribution >= 4 is 17.3 Å². The predicted molar refractivity (Wildman–Crippen MR) is 76.4 cm³/mol. The molecule has 0 saturated carbocycles. The van der Waals surface area contributed by atoms with E-state index in [1.807, 2.05) is 6.07 Å². The number of anilines is 2. The van der Waals surface area contributed by atoms with Crippen LogP contribution >= 0.6 is 0 Å². The highest BCUT2D eigenvalue weighted by Crippen LogP contribution is 2.22. The van der Waals surface area contributed by atoms with Crippen LogP contribution in [0.15, 0.2) is 36.4 Å². The first-order valence-electron chi connectivity index (χ1n) is 5.92. The lowest BCUT2D eigenvalue weighted by Crippen LogP contribution is -2.13. The Morgan fingerprint density at radius 2 is 2.05 bits per heavy atom. The maximum absolute atomic E-state index is 12.1. The Morgan fingerprint density at radius 3 is 2.65 bits per heavy atom. The average molecular weight is 267 g/mol. The van der Waals surface area contributed by atoms with Crippen molar-refractivity contribution < 1.29 is 9.90 Å². The molecule has 0 saturated heterocycles. The second-order valence-corrected chi connectivity index (χ2v) is 4.37. The summed E-state index contributed by atoms with van der Waals surface area (Å²) < 4.78 is 0. The summed E-state index contributed by atoms with van der Waals surface area (Å²) in [6.45, 7) is 1.71. The molecule has 5 nitrogen and oxygen atoms in total. The number of nitriles is 1. The van der Waals surface area contributed by atoms with Crippen molar-refractivity contribution in [2.45, 2.75) is 6.92 Å². The van der Waals surface area contributed by atoms with Crippen LogP contribution in [0.5, 0.6) is 5.75 Å². The number of rotatable bonds is 2. The van der Waals surface area contributed by atoms with E-state index in [1.165, 1.54) is 18.2 Å². The van der Waals surface area contributed by atoms with Crippen molar-refractivity contribution in [1.82, 2.24) is 0 Å². The van der Waals surface area contributed by atoms with Crippen LogP contribution in [-0.4, -0.2) is 11.0 Å². The lowest BCUT2D eigenvalue weighted by molar-refractivity contribution is 0.102. The van der Waals surface area contributed by atoms with Crippen molar-refractivity contribution in [3.63, 3.8) is 0 Å². The van der Waals surface area contributed by atoms with Crippen LogP contribution in [0.4, 0.5) is 11.4 Å². The number of amides is 1. The van der Waals surface area contributed by atoms with Gasteiger partial charge in [0.2, 0.25) is 0 Å². The van der Waals surface area contributed by atoms with Gasteiger partial charge in [0.05, 0.1) is 23.0 Å². The molecule has 5 heteroatoms. The number of hydrogen-bond donors (Lipinski definition) is 3. The van der Waals surface area contributed by atoms with Crippen LogP contribution in [0.1, 0.15) is 21.5 Å². The first-order chi connectivity index (χ1) is 9.51. The molecule has 100 valence electrons. The van der Waals surface area contributed by atoms with Crippen LogP contribution in [0, 0.1) is 18.3 Å². The number of phenols is 1. The maximum Gasteiger partial charge on any atom is 0.255 e. The van der Waals surface area contributed by atoms with Gasteiger partial charge in [-0.3, -0.25) is 4.79 Å². The molecule has 0 radical (unpaired) electrons. The molecule has 1 amide bonds. The molecular formula is C15H13N3O2. The number of hydrogen-bond acceptors (Lipinski definition) is 4. The van der Waals surface area contributed by atoms with E-state index in [-0.39, 0.29) is 11.7 Å². The van der Waals surface area contributed by atoms with E-state index in [0.29, 0.717) is 28.1 Å². The van der Waals surface area contributed by atoms with E-state index >= 15 is 0 Å². The fourth-order valence-corrected chi connectivity index (χ4v) is 1.74. The molecule has 20 heavy (non-hydrogen) atoms. The monoisotopic (exact) mass is 267 g/mol. The van der Waals surface area contributed by atoms with Gasteiger partial charge in [0.1, 0.15) is 5.75 Å². The minimum atomic E-state index is -0.329. The van der Waals surface area contributed by atoms with Crippen molar-refractivity contribution in [2.24, 2.45) is 0 Å². The first kappa shape index (κ1) is 13.4. The normalized spacial score (nSPS) is 9.80. The Morgan fingerprint density at radius 1 is 1.30 bits per heavy atom. The Kier molecular flexibility index (Phi) is 3.58. The van der Waals surface area contributed by atoms with Gasteiger partial charge in [-0.2, -0.15) is 5.26 Å². The second-order valence-electron chi connectivity index (χ2n) is 4.37. The third-order valence-corrected chi connectivity index (χ3v) is 2.89. The van der Waals surface area contributed by atoms with Gasteiger partial charge < -0.3 is 16.2 Å². The summed E-state index contributed by atoms with van der Waals surface area (Å²) >= 11 is 0. The SMILES string of the molecule is Cc1cc(C(=O)Nc2ccc(C#N)cc2N)ccc1O. The smallest absolute Gasteiger partial charge is 0.255 e. The van der Waals surface area contributed by atoms with Gasteiger partial charge in [-0.1, -0.05) is 0 Å². The van der Waals surface area contributed by atoms with E-state index in [2.05, 4.69) is 5.32 Å². The number of carbonyl (C=O) groups is 1. The number of nitrogen functional groups attached to an aromatic ring is 1. The Bertz CT molecular complexity index is 718. The molecule has 0 unspecified atom stereocenters. The third-order valence-electron chi connectivity index (χ3n) is 2.89. The van der Waals surface area contributed by atoms with E-state index in [4.69, 9.17) is 11.0 Å². The quantitative estimate of drug-likeness (QED) is 0.727. The molecule has 0 spiro atoms. The fraction of sp³-hybridized carbons (Fsp3) is 0.0667. The molecule has 0 aliphatic carbocycles. The standard InChI is InChI=1S/C15H13N3O2/c1-9-6-11(3-5-14(9)19)15(20)18-13-4-2-10(8-16)7-12(13)17/h2-7,19H,17H2,1H3,(H,18,20). The lowest BCUT2D eigenvalue weighted by Gasteiger charge is -2.09. The molecule has 0 aliphatic rings. The maximum atomic E-state index is 12.1. The Balaban J connectivity index is 2.23. The molecule has 4 N–H and O–H groups in total. The van der Waals surface area contributed by atoms with Crippen LogP contribution in [0.3, 0.4) is 0 Å². The summed E-state index contributed by atoms with van der Waals surface area (Å²) in [6.07, 6.45) is 0. The van der Waals surface area contributed by atoms with Gasteiger partial charge in [0, 0.05) is 5.56 Å². The fourth-order valence-electron chi connectivity index (χ4n) is 1.74. The van der Waals surface area contributed by atoms with Gasteiger partial charge in [0.25, 0.3) is 5.91 Å². The molecule has 2 rings (SSSR count).